The number of nitrogens with zero attached hydrogens (tertiary/aromatic N) is 2. The summed E-state index contributed by atoms with van der Waals surface area (Å²) in [5, 5.41) is 9.81. The van der Waals surface area contributed by atoms with Crippen molar-refractivity contribution in [2.24, 2.45) is 0 Å². The van der Waals surface area contributed by atoms with Gasteiger partial charge in [-0.25, -0.2) is 0 Å². The molecule has 2 heterocycles. The molecule has 2 unspecified atom stereocenters. The molecule has 0 amide bonds. The van der Waals surface area contributed by atoms with Gasteiger partial charge in [-0.05, 0) is 18.6 Å². The highest BCUT2D eigenvalue weighted by molar-refractivity contribution is 6.31. The normalized spacial score (nSPS) is 26.1. The summed E-state index contributed by atoms with van der Waals surface area (Å²) < 4.78 is 5.50. The van der Waals surface area contributed by atoms with Crippen LogP contribution in [0.1, 0.15) is 12.5 Å². The fourth-order valence-corrected chi connectivity index (χ4v) is 2.14. The van der Waals surface area contributed by atoms with Crippen LogP contribution in [-0.4, -0.2) is 46.9 Å². The van der Waals surface area contributed by atoms with Gasteiger partial charge >= 0.3 is 0 Å². The molecule has 0 saturated carbocycles. The van der Waals surface area contributed by atoms with Gasteiger partial charge < -0.3 is 9.84 Å². The molecule has 0 radical (unpaired) electrons. The summed E-state index contributed by atoms with van der Waals surface area (Å²) in [5.41, 5.74) is 1.06. The number of pyridine rings is 1. The van der Waals surface area contributed by atoms with Crippen LogP contribution in [0, 0.1) is 0 Å². The number of hydrogen-bond donors (Lipinski definition) is 1. The van der Waals surface area contributed by atoms with Gasteiger partial charge in [-0.3, -0.25) is 9.88 Å². The van der Waals surface area contributed by atoms with Gasteiger partial charge in [-0.2, -0.15) is 0 Å². The van der Waals surface area contributed by atoms with Crippen LogP contribution in [0.2, 0.25) is 5.02 Å². The lowest BCUT2D eigenvalue weighted by atomic mass is 10.1. The SMILES string of the molecule is CC1COC(CO)CN1Cc1ccncc1Cl. The van der Waals surface area contributed by atoms with Crippen molar-refractivity contribution in [1.29, 1.82) is 0 Å². The van der Waals surface area contributed by atoms with Crippen LogP contribution in [0.3, 0.4) is 0 Å². The van der Waals surface area contributed by atoms with Crippen LogP contribution in [-0.2, 0) is 11.3 Å². The molecule has 1 fully saturated rings. The second-order valence-electron chi connectivity index (χ2n) is 4.38. The minimum atomic E-state index is -0.0909. The first-order valence-corrected chi connectivity index (χ1v) is 6.13. The van der Waals surface area contributed by atoms with Gasteiger partial charge in [-0.15, -0.1) is 0 Å². The highest BCUT2D eigenvalue weighted by Crippen LogP contribution is 2.19. The van der Waals surface area contributed by atoms with Crippen LogP contribution in [0.4, 0.5) is 0 Å². The Morgan fingerprint density at radius 1 is 1.65 bits per heavy atom. The third kappa shape index (κ3) is 3.16. The van der Waals surface area contributed by atoms with Crippen molar-refractivity contribution < 1.29 is 9.84 Å². The third-order valence-corrected chi connectivity index (χ3v) is 3.41. The lowest BCUT2D eigenvalue weighted by Crippen LogP contribution is -2.48. The zero-order valence-corrected chi connectivity index (χ0v) is 10.6. The van der Waals surface area contributed by atoms with Crippen LogP contribution in [0.25, 0.3) is 0 Å². The second kappa shape index (κ2) is 5.78. The molecule has 1 N–H and O–H groups in total. The Morgan fingerprint density at radius 2 is 2.47 bits per heavy atom. The third-order valence-electron chi connectivity index (χ3n) is 3.07. The summed E-state index contributed by atoms with van der Waals surface area (Å²) in [6.45, 7) is 4.32. The van der Waals surface area contributed by atoms with E-state index in [4.69, 9.17) is 21.4 Å². The molecule has 94 valence electrons. The predicted molar refractivity (Wildman–Crippen MR) is 65.9 cm³/mol. The molecule has 2 rings (SSSR count). The van der Waals surface area contributed by atoms with Crippen LogP contribution in [0.15, 0.2) is 18.5 Å². The first-order chi connectivity index (χ1) is 8.20. The number of halogens is 1. The Kier molecular flexibility index (Phi) is 4.34. The van der Waals surface area contributed by atoms with Crippen molar-refractivity contribution in [2.75, 3.05) is 19.8 Å². The average molecular weight is 257 g/mol. The van der Waals surface area contributed by atoms with E-state index in [9.17, 15) is 0 Å². The van der Waals surface area contributed by atoms with Gasteiger partial charge in [0.25, 0.3) is 0 Å². The summed E-state index contributed by atoms with van der Waals surface area (Å²) in [5.74, 6) is 0. The van der Waals surface area contributed by atoms with E-state index in [0.29, 0.717) is 17.7 Å². The Morgan fingerprint density at radius 3 is 3.18 bits per heavy atom. The molecule has 17 heavy (non-hydrogen) atoms. The largest absolute Gasteiger partial charge is 0.394 e. The Balaban J connectivity index is 2.04. The van der Waals surface area contributed by atoms with Gasteiger partial charge in [0.2, 0.25) is 0 Å². The van der Waals surface area contributed by atoms with E-state index < -0.39 is 0 Å². The first kappa shape index (κ1) is 12.8. The van der Waals surface area contributed by atoms with Gasteiger partial charge in [0.1, 0.15) is 0 Å². The van der Waals surface area contributed by atoms with E-state index in [1.165, 1.54) is 0 Å². The zero-order valence-electron chi connectivity index (χ0n) is 9.84. The maximum absolute atomic E-state index is 9.13. The number of aromatic nitrogens is 1. The van der Waals surface area contributed by atoms with Gasteiger partial charge in [-0.1, -0.05) is 11.6 Å². The van der Waals surface area contributed by atoms with Gasteiger partial charge in [0.05, 0.1) is 24.3 Å². The number of hydrogen-bond acceptors (Lipinski definition) is 4. The smallest absolute Gasteiger partial charge is 0.0933 e. The maximum atomic E-state index is 9.13. The first-order valence-electron chi connectivity index (χ1n) is 5.75. The summed E-state index contributed by atoms with van der Waals surface area (Å²) in [7, 11) is 0. The molecule has 1 saturated heterocycles. The molecule has 0 aliphatic carbocycles. The van der Waals surface area contributed by atoms with Crippen molar-refractivity contribution in [1.82, 2.24) is 9.88 Å². The molecule has 0 aromatic carbocycles. The summed E-state index contributed by atoms with van der Waals surface area (Å²) in [6.07, 6.45) is 3.31. The van der Waals surface area contributed by atoms with Crippen molar-refractivity contribution >= 4 is 11.6 Å². The number of morpholine rings is 1. The van der Waals surface area contributed by atoms with Crippen molar-refractivity contribution in [2.45, 2.75) is 25.6 Å². The van der Waals surface area contributed by atoms with E-state index >= 15 is 0 Å². The second-order valence-corrected chi connectivity index (χ2v) is 4.79. The monoisotopic (exact) mass is 256 g/mol. The highest BCUT2D eigenvalue weighted by Gasteiger charge is 2.25. The van der Waals surface area contributed by atoms with Crippen LogP contribution in [0.5, 0.6) is 0 Å². The van der Waals surface area contributed by atoms with Crippen LogP contribution >= 0.6 is 11.6 Å². The van der Waals surface area contributed by atoms with E-state index in [1.54, 1.807) is 12.4 Å². The minimum absolute atomic E-state index is 0.0628. The fraction of sp³-hybridized carbons (Fsp3) is 0.583. The quantitative estimate of drug-likeness (QED) is 0.886. The standard InChI is InChI=1S/C12H17ClN2O2/c1-9-8-17-11(7-16)6-15(9)5-10-2-3-14-4-12(10)13/h2-4,9,11,16H,5-8H2,1H3. The zero-order chi connectivity index (χ0) is 12.3. The van der Waals surface area contributed by atoms with Crippen LogP contribution < -0.4 is 0 Å². The minimum Gasteiger partial charge on any atom is -0.394 e. The van der Waals surface area contributed by atoms with Crippen molar-refractivity contribution in [3.05, 3.63) is 29.0 Å². The maximum Gasteiger partial charge on any atom is 0.0933 e. The molecule has 1 aromatic rings. The average Bonchev–Trinajstić information content (AvgIpc) is 2.35. The van der Waals surface area contributed by atoms with E-state index in [0.717, 1.165) is 18.7 Å². The topological polar surface area (TPSA) is 45.6 Å². The van der Waals surface area contributed by atoms with Gasteiger partial charge in [0, 0.05) is 31.5 Å². The molecule has 4 nitrogen and oxygen atoms in total. The molecule has 1 aliphatic heterocycles. The summed E-state index contributed by atoms with van der Waals surface area (Å²) in [6, 6.07) is 2.26. The Hall–Kier alpha value is -0.680. The number of aliphatic hydroxyl groups is 1. The summed E-state index contributed by atoms with van der Waals surface area (Å²) >= 11 is 6.09. The molecule has 5 heteroatoms. The fourth-order valence-electron chi connectivity index (χ4n) is 1.96. The lowest BCUT2D eigenvalue weighted by Gasteiger charge is -2.37. The molecule has 1 aromatic heterocycles. The predicted octanol–water partition coefficient (Wildman–Crippen LogP) is 1.32. The molecular weight excluding hydrogens is 240 g/mol. The van der Waals surface area contributed by atoms with Crippen molar-refractivity contribution in [3.63, 3.8) is 0 Å². The Bertz CT molecular complexity index is 375. The molecule has 0 bridgehead atoms. The molecule has 2 atom stereocenters. The summed E-state index contributed by atoms with van der Waals surface area (Å²) in [4.78, 5) is 6.24. The molecule has 0 spiro atoms. The molecule has 1 aliphatic rings. The van der Waals surface area contributed by atoms with Crippen molar-refractivity contribution in [3.8, 4) is 0 Å². The number of aliphatic hydroxyl groups excluding tert-OH is 1. The number of rotatable bonds is 3. The van der Waals surface area contributed by atoms with E-state index in [2.05, 4.69) is 16.8 Å². The van der Waals surface area contributed by atoms with Gasteiger partial charge in [0.15, 0.2) is 0 Å². The van der Waals surface area contributed by atoms with E-state index in [1.807, 2.05) is 6.07 Å². The molecular formula is C12H17ClN2O2. The number of ether oxygens (including phenoxy) is 1. The Labute approximate surface area is 106 Å². The van der Waals surface area contributed by atoms with E-state index in [-0.39, 0.29) is 12.7 Å². The lowest BCUT2D eigenvalue weighted by molar-refractivity contribution is -0.0805. The highest BCUT2D eigenvalue weighted by atomic mass is 35.5.